The van der Waals surface area contributed by atoms with Crippen molar-refractivity contribution in [2.24, 2.45) is 11.8 Å². The van der Waals surface area contributed by atoms with Crippen molar-refractivity contribution in [3.8, 4) is 0 Å². The van der Waals surface area contributed by atoms with E-state index in [2.05, 4.69) is 26.6 Å². The lowest BCUT2D eigenvalue weighted by atomic mass is 9.93. The van der Waals surface area contributed by atoms with Gasteiger partial charge < -0.3 is 26.6 Å². The molecule has 38 heavy (non-hydrogen) atoms. The van der Waals surface area contributed by atoms with Crippen LogP contribution in [0.4, 0.5) is 5.69 Å². The normalized spacial score (nSPS) is 28.2. The number of hydrogen-bond acceptors (Lipinski definition) is 6. The molecule has 0 fully saturated rings. The van der Waals surface area contributed by atoms with Gasteiger partial charge in [0.25, 0.3) is 0 Å². The van der Waals surface area contributed by atoms with Gasteiger partial charge in [0, 0.05) is 17.5 Å². The van der Waals surface area contributed by atoms with Crippen LogP contribution < -0.4 is 26.6 Å². The zero-order valence-electron chi connectivity index (χ0n) is 22.8. The van der Waals surface area contributed by atoms with E-state index < -0.39 is 59.6 Å². The Morgan fingerprint density at radius 1 is 0.711 bits per heavy atom. The molecule has 5 N–H and O–H groups in total. The third-order valence-electron chi connectivity index (χ3n) is 6.88. The first-order valence-corrected chi connectivity index (χ1v) is 13.0. The number of fused-ring (bicyclic) bond motifs is 18. The van der Waals surface area contributed by atoms with Gasteiger partial charge in [0.1, 0.15) is 18.1 Å². The Balaban J connectivity index is 2.37. The molecule has 11 nitrogen and oxygen atoms in total. The third-order valence-corrected chi connectivity index (χ3v) is 6.88. The molecule has 2 bridgehead atoms. The second-order valence-corrected chi connectivity index (χ2v) is 9.81. The zero-order valence-corrected chi connectivity index (χ0v) is 22.8. The van der Waals surface area contributed by atoms with Gasteiger partial charge in [0.05, 0.1) is 6.04 Å². The van der Waals surface area contributed by atoms with Crippen molar-refractivity contribution < 1.29 is 28.8 Å². The first-order valence-electron chi connectivity index (χ1n) is 13.0. The quantitative estimate of drug-likeness (QED) is 0.364. The van der Waals surface area contributed by atoms with Gasteiger partial charge in [0.2, 0.25) is 29.5 Å². The summed E-state index contributed by atoms with van der Waals surface area (Å²) < 4.78 is 0. The van der Waals surface area contributed by atoms with Gasteiger partial charge in [-0.05, 0) is 50.8 Å². The molecule has 0 radical (unpaired) electrons. The van der Waals surface area contributed by atoms with Crippen LogP contribution in [0.15, 0.2) is 24.3 Å². The predicted molar refractivity (Wildman–Crippen MR) is 142 cm³/mol. The Bertz CT molecular complexity index is 1060. The van der Waals surface area contributed by atoms with Crippen LogP contribution in [-0.2, 0) is 35.2 Å². The first-order chi connectivity index (χ1) is 17.9. The molecule has 1 aromatic carbocycles. The molecule has 0 aliphatic carbocycles. The lowest BCUT2D eigenvalue weighted by molar-refractivity contribution is -0.136. The van der Waals surface area contributed by atoms with Crippen molar-refractivity contribution in [3.05, 3.63) is 29.8 Å². The van der Waals surface area contributed by atoms with Crippen LogP contribution in [0, 0.1) is 11.8 Å². The monoisotopic (exact) mass is 529 g/mol. The molecule has 0 spiro atoms. The Morgan fingerprint density at radius 2 is 1.21 bits per heavy atom. The van der Waals surface area contributed by atoms with E-state index in [4.69, 9.17) is 0 Å². The number of hydrogen-bond donors (Lipinski definition) is 5. The van der Waals surface area contributed by atoms with E-state index >= 15 is 0 Å². The van der Waals surface area contributed by atoms with Gasteiger partial charge in [0.15, 0.2) is 5.78 Å². The lowest BCUT2D eigenvalue weighted by Crippen LogP contribution is -2.57. The van der Waals surface area contributed by atoms with Crippen LogP contribution in [0.5, 0.6) is 0 Å². The summed E-state index contributed by atoms with van der Waals surface area (Å²) in [4.78, 5) is 76.4. The summed E-state index contributed by atoms with van der Waals surface area (Å²) in [6.07, 6.45) is 0.728. The highest BCUT2D eigenvalue weighted by Crippen LogP contribution is 2.17. The molecular formula is C27H39N5O6. The average molecular weight is 530 g/mol. The van der Waals surface area contributed by atoms with Crippen LogP contribution >= 0.6 is 0 Å². The number of benzene rings is 1. The minimum Gasteiger partial charge on any atom is -0.344 e. The van der Waals surface area contributed by atoms with Gasteiger partial charge in [-0.15, -0.1) is 0 Å². The lowest BCUT2D eigenvalue weighted by Gasteiger charge is -2.25. The highest BCUT2D eigenvalue weighted by molar-refractivity contribution is 5.98. The molecule has 11 heteroatoms. The Hall–Kier alpha value is -3.76. The maximum Gasteiger partial charge on any atom is 0.243 e. The van der Waals surface area contributed by atoms with E-state index in [1.807, 2.05) is 0 Å². The predicted octanol–water partition coefficient (Wildman–Crippen LogP) is 0.822. The maximum absolute atomic E-state index is 12.9. The van der Waals surface area contributed by atoms with Crippen molar-refractivity contribution in [1.82, 2.24) is 21.3 Å². The van der Waals surface area contributed by atoms with E-state index in [9.17, 15) is 28.8 Å². The van der Waals surface area contributed by atoms with Crippen LogP contribution in [0.25, 0.3) is 0 Å². The molecule has 208 valence electrons. The van der Waals surface area contributed by atoms with Gasteiger partial charge in [-0.25, -0.2) is 0 Å². The molecule has 2 heterocycles. The van der Waals surface area contributed by atoms with E-state index in [0.29, 0.717) is 5.69 Å². The highest BCUT2D eigenvalue weighted by Gasteiger charge is 2.31. The van der Waals surface area contributed by atoms with Gasteiger partial charge in [-0.2, -0.15) is 0 Å². The number of carbonyl (C=O) groups excluding carboxylic acids is 6. The SMILES string of the molecule is CCC1NC(=O)C(CC)NC(=O)C(C)C(C)C(=O)Nc2ccc(cc2)CC(C(C)=O)NC(=O)C(C)NC1=O. The average Bonchev–Trinajstić information content (AvgIpc) is 2.88. The summed E-state index contributed by atoms with van der Waals surface area (Å²) in [5, 5.41) is 13.4. The van der Waals surface area contributed by atoms with Crippen LogP contribution in [0.2, 0.25) is 0 Å². The van der Waals surface area contributed by atoms with Crippen molar-refractivity contribution in [1.29, 1.82) is 0 Å². The molecule has 2 aliphatic rings. The minimum absolute atomic E-state index is 0.218. The fourth-order valence-corrected chi connectivity index (χ4v) is 3.92. The smallest absolute Gasteiger partial charge is 0.243 e. The second-order valence-electron chi connectivity index (χ2n) is 9.81. The molecule has 0 aromatic heterocycles. The molecule has 3 rings (SSSR count). The molecule has 1 aromatic rings. The summed E-state index contributed by atoms with van der Waals surface area (Å²) in [6.45, 7) is 9.52. The Morgan fingerprint density at radius 3 is 1.74 bits per heavy atom. The number of nitrogens with one attached hydrogen (secondary N) is 5. The van der Waals surface area contributed by atoms with Crippen LogP contribution in [0.1, 0.15) is 59.9 Å². The van der Waals surface area contributed by atoms with Gasteiger partial charge in [-0.1, -0.05) is 39.8 Å². The summed E-state index contributed by atoms with van der Waals surface area (Å²) in [5.41, 5.74) is 1.27. The van der Waals surface area contributed by atoms with E-state index in [1.165, 1.54) is 13.8 Å². The van der Waals surface area contributed by atoms with Crippen molar-refractivity contribution in [2.45, 2.75) is 85.0 Å². The van der Waals surface area contributed by atoms with E-state index in [-0.39, 0.29) is 31.0 Å². The largest absolute Gasteiger partial charge is 0.344 e. The molecular weight excluding hydrogens is 490 g/mol. The summed E-state index contributed by atoms with van der Waals surface area (Å²) >= 11 is 0. The fourth-order valence-electron chi connectivity index (χ4n) is 3.92. The fraction of sp³-hybridized carbons (Fsp3) is 0.556. The minimum atomic E-state index is -0.967. The number of anilines is 1. The number of amides is 5. The molecule has 2 aliphatic heterocycles. The van der Waals surface area contributed by atoms with Crippen molar-refractivity contribution >= 4 is 41.0 Å². The van der Waals surface area contributed by atoms with E-state index in [1.54, 1.807) is 52.0 Å². The highest BCUT2D eigenvalue weighted by atomic mass is 16.2. The summed E-state index contributed by atoms with van der Waals surface area (Å²) in [5.74, 6) is -4.17. The van der Waals surface area contributed by atoms with E-state index in [0.717, 1.165) is 5.56 Å². The Kier molecular flexibility index (Phi) is 11.0. The molecule has 6 atom stereocenters. The molecule has 0 saturated carbocycles. The standard InChI is InChI=1S/C27H39N5O6/c1-7-20-26(37)28-16(5)25(36)32-22(17(6)33)13-18-9-11-19(12-10-18)29-23(34)14(3)15(4)24(35)30-21(8-2)27(38)31-20/h9-12,14-16,20-22H,7-8,13H2,1-6H3,(H,28,37)(H,29,34)(H,30,35)(H,31,38)(H,32,36). The molecule has 6 unspecified atom stereocenters. The maximum atomic E-state index is 12.9. The Labute approximate surface area is 223 Å². The number of rotatable bonds is 3. The molecule has 0 saturated heterocycles. The zero-order chi connectivity index (χ0) is 28.6. The summed E-state index contributed by atoms with van der Waals surface area (Å²) in [7, 11) is 0. The van der Waals surface area contributed by atoms with Crippen LogP contribution in [0.3, 0.4) is 0 Å². The second kappa shape index (κ2) is 13.7. The number of ketones is 1. The number of carbonyl (C=O) groups is 6. The van der Waals surface area contributed by atoms with Gasteiger partial charge in [-0.3, -0.25) is 28.8 Å². The summed E-state index contributed by atoms with van der Waals surface area (Å²) in [6, 6.07) is 3.19. The molecule has 5 amide bonds. The van der Waals surface area contributed by atoms with Gasteiger partial charge >= 0.3 is 0 Å². The topological polar surface area (TPSA) is 163 Å². The third kappa shape index (κ3) is 8.12. The van der Waals surface area contributed by atoms with Crippen molar-refractivity contribution in [2.75, 3.05) is 5.32 Å². The number of Topliss-reactive ketones (excluding diaryl/α,β-unsaturated/α-hetero) is 1. The van der Waals surface area contributed by atoms with Crippen LogP contribution in [-0.4, -0.2) is 59.5 Å². The first kappa shape index (κ1) is 30.5. The van der Waals surface area contributed by atoms with Crippen molar-refractivity contribution in [3.63, 3.8) is 0 Å².